The lowest BCUT2D eigenvalue weighted by Crippen LogP contribution is -2.49. The van der Waals surface area contributed by atoms with Gasteiger partial charge in [0, 0.05) is 32.7 Å². The smallest absolute Gasteiger partial charge is 0.252 e. The molecule has 3 rings (SSSR count). The van der Waals surface area contributed by atoms with Crippen molar-refractivity contribution < 1.29 is 17.5 Å². The van der Waals surface area contributed by atoms with Crippen LogP contribution in [0.15, 0.2) is 46.0 Å². The van der Waals surface area contributed by atoms with Crippen LogP contribution in [0.25, 0.3) is 0 Å². The Morgan fingerprint density at radius 3 is 2.50 bits per heavy atom. The monoisotopic (exact) mass is 370 g/mol. The Bertz CT molecular complexity index is 757. The lowest BCUT2D eigenvalue weighted by atomic mass is 10.3. The van der Waals surface area contributed by atoms with E-state index in [2.05, 4.69) is 4.90 Å². The lowest BCUT2D eigenvalue weighted by Gasteiger charge is -2.33. The highest BCUT2D eigenvalue weighted by molar-refractivity contribution is 7.91. The van der Waals surface area contributed by atoms with E-state index in [0.29, 0.717) is 43.5 Å². The molecule has 1 aliphatic rings. The maximum atomic E-state index is 13.5. The van der Waals surface area contributed by atoms with E-state index in [-0.39, 0.29) is 11.6 Å². The molecule has 1 fully saturated rings. The van der Waals surface area contributed by atoms with Crippen LogP contribution in [0.2, 0.25) is 0 Å². The number of rotatable bonds is 6. The first-order valence-electron chi connectivity index (χ1n) is 7.71. The maximum Gasteiger partial charge on any atom is 0.252 e. The minimum absolute atomic E-state index is 0.247. The van der Waals surface area contributed by atoms with Gasteiger partial charge >= 0.3 is 0 Å². The first-order chi connectivity index (χ1) is 11.6. The quantitative estimate of drug-likeness (QED) is 0.783. The van der Waals surface area contributed by atoms with Gasteiger partial charge in [0.1, 0.15) is 10.8 Å². The molecule has 0 N–H and O–H groups in total. The number of halogens is 1. The number of para-hydroxylation sites is 1. The fourth-order valence-electron chi connectivity index (χ4n) is 2.58. The van der Waals surface area contributed by atoms with E-state index in [1.165, 1.54) is 21.7 Å². The number of ether oxygens (including phenoxy) is 1. The molecule has 1 aliphatic heterocycles. The predicted molar refractivity (Wildman–Crippen MR) is 91.4 cm³/mol. The van der Waals surface area contributed by atoms with Crippen LogP contribution in [-0.2, 0) is 10.0 Å². The molecule has 0 amide bonds. The number of benzene rings is 1. The SMILES string of the molecule is O=S(=O)(c1cccs1)N1CCN(CCOc2ccccc2F)CC1. The van der Waals surface area contributed by atoms with Gasteiger partial charge in [0.15, 0.2) is 11.6 Å². The third-order valence-electron chi connectivity index (χ3n) is 3.92. The summed E-state index contributed by atoms with van der Waals surface area (Å²) < 4.78 is 45.7. The molecular weight excluding hydrogens is 351 g/mol. The summed E-state index contributed by atoms with van der Waals surface area (Å²) in [5.41, 5.74) is 0. The highest BCUT2D eigenvalue weighted by atomic mass is 32.2. The molecule has 0 aliphatic carbocycles. The van der Waals surface area contributed by atoms with Gasteiger partial charge in [-0.3, -0.25) is 4.90 Å². The molecule has 1 aromatic carbocycles. The van der Waals surface area contributed by atoms with Crippen LogP contribution in [-0.4, -0.2) is 57.0 Å². The van der Waals surface area contributed by atoms with E-state index in [1.807, 2.05) is 0 Å². The van der Waals surface area contributed by atoms with Crippen molar-refractivity contribution in [2.75, 3.05) is 39.3 Å². The number of nitrogens with zero attached hydrogens (tertiary/aromatic N) is 2. The summed E-state index contributed by atoms with van der Waals surface area (Å²) in [4.78, 5) is 2.13. The van der Waals surface area contributed by atoms with Crippen molar-refractivity contribution in [2.24, 2.45) is 0 Å². The zero-order valence-electron chi connectivity index (χ0n) is 13.1. The highest BCUT2D eigenvalue weighted by Gasteiger charge is 2.28. The highest BCUT2D eigenvalue weighted by Crippen LogP contribution is 2.22. The van der Waals surface area contributed by atoms with Crippen molar-refractivity contribution in [2.45, 2.75) is 4.21 Å². The molecule has 1 saturated heterocycles. The first kappa shape index (κ1) is 17.3. The van der Waals surface area contributed by atoms with Crippen molar-refractivity contribution in [1.82, 2.24) is 9.21 Å². The topological polar surface area (TPSA) is 49.9 Å². The van der Waals surface area contributed by atoms with Crippen molar-refractivity contribution in [1.29, 1.82) is 0 Å². The second-order valence-corrected chi connectivity index (χ2v) is 8.57. The van der Waals surface area contributed by atoms with Crippen LogP contribution in [0.5, 0.6) is 5.75 Å². The van der Waals surface area contributed by atoms with Crippen LogP contribution in [0.1, 0.15) is 0 Å². The average Bonchev–Trinajstić information content (AvgIpc) is 3.12. The Labute approximate surface area is 145 Å². The van der Waals surface area contributed by atoms with Gasteiger partial charge in [-0.2, -0.15) is 4.31 Å². The van der Waals surface area contributed by atoms with E-state index in [9.17, 15) is 12.8 Å². The van der Waals surface area contributed by atoms with Gasteiger partial charge < -0.3 is 4.74 Å². The zero-order chi connectivity index (χ0) is 17.0. The molecule has 0 saturated carbocycles. The summed E-state index contributed by atoms with van der Waals surface area (Å²) in [6, 6.07) is 9.69. The van der Waals surface area contributed by atoms with Crippen molar-refractivity contribution in [3.8, 4) is 5.75 Å². The summed E-state index contributed by atoms with van der Waals surface area (Å²) in [5, 5.41) is 1.77. The van der Waals surface area contributed by atoms with Crippen LogP contribution in [0, 0.1) is 5.82 Å². The minimum atomic E-state index is -3.37. The summed E-state index contributed by atoms with van der Waals surface area (Å²) in [7, 11) is -3.37. The molecule has 0 bridgehead atoms. The summed E-state index contributed by atoms with van der Waals surface area (Å²) in [5.74, 6) is -0.124. The second-order valence-electron chi connectivity index (χ2n) is 5.46. The summed E-state index contributed by atoms with van der Waals surface area (Å²) in [6.45, 7) is 3.22. The summed E-state index contributed by atoms with van der Waals surface area (Å²) >= 11 is 1.24. The Balaban J connectivity index is 1.47. The second kappa shape index (κ2) is 7.60. The normalized spacial score (nSPS) is 17.0. The minimum Gasteiger partial charge on any atom is -0.489 e. The van der Waals surface area contributed by atoms with E-state index in [4.69, 9.17) is 4.74 Å². The van der Waals surface area contributed by atoms with E-state index in [0.717, 1.165) is 0 Å². The van der Waals surface area contributed by atoms with Crippen LogP contribution < -0.4 is 4.74 Å². The fraction of sp³-hybridized carbons (Fsp3) is 0.375. The van der Waals surface area contributed by atoms with Gasteiger partial charge in [-0.25, -0.2) is 12.8 Å². The van der Waals surface area contributed by atoms with Crippen LogP contribution >= 0.6 is 11.3 Å². The molecular formula is C16H19FN2O3S2. The molecule has 130 valence electrons. The lowest BCUT2D eigenvalue weighted by molar-refractivity contribution is 0.157. The number of hydrogen-bond donors (Lipinski definition) is 0. The van der Waals surface area contributed by atoms with Crippen molar-refractivity contribution in [3.63, 3.8) is 0 Å². The Kier molecular flexibility index (Phi) is 5.50. The molecule has 5 nitrogen and oxygen atoms in total. The van der Waals surface area contributed by atoms with Crippen LogP contribution in [0.3, 0.4) is 0 Å². The Hall–Kier alpha value is -1.48. The fourth-order valence-corrected chi connectivity index (χ4v) is 5.14. The molecule has 1 aromatic heterocycles. The molecule has 2 aromatic rings. The molecule has 2 heterocycles. The molecule has 0 unspecified atom stereocenters. The van der Waals surface area contributed by atoms with E-state index < -0.39 is 10.0 Å². The third-order valence-corrected chi connectivity index (χ3v) is 7.19. The standard InChI is InChI=1S/C16H19FN2O3S2/c17-14-4-1-2-5-15(14)22-12-11-18-7-9-19(10-8-18)24(20,21)16-6-3-13-23-16/h1-6,13H,7-12H2. The van der Waals surface area contributed by atoms with Crippen molar-refractivity contribution in [3.05, 3.63) is 47.6 Å². The van der Waals surface area contributed by atoms with Crippen molar-refractivity contribution >= 4 is 21.4 Å². The maximum absolute atomic E-state index is 13.5. The van der Waals surface area contributed by atoms with Gasteiger partial charge in [0.25, 0.3) is 10.0 Å². The van der Waals surface area contributed by atoms with Gasteiger partial charge in [0.05, 0.1) is 0 Å². The number of thiophene rings is 1. The molecule has 0 radical (unpaired) electrons. The first-order valence-corrected chi connectivity index (χ1v) is 10.0. The van der Waals surface area contributed by atoms with Gasteiger partial charge in [-0.1, -0.05) is 18.2 Å². The number of sulfonamides is 1. The Morgan fingerprint density at radius 2 is 1.83 bits per heavy atom. The zero-order valence-corrected chi connectivity index (χ0v) is 14.7. The predicted octanol–water partition coefficient (Wildman–Crippen LogP) is 2.27. The van der Waals surface area contributed by atoms with Gasteiger partial charge in [-0.15, -0.1) is 11.3 Å². The summed E-state index contributed by atoms with van der Waals surface area (Å²) in [6.07, 6.45) is 0. The molecule has 24 heavy (non-hydrogen) atoms. The van der Waals surface area contributed by atoms with Crippen LogP contribution in [0.4, 0.5) is 4.39 Å². The largest absolute Gasteiger partial charge is 0.489 e. The van der Waals surface area contributed by atoms with E-state index >= 15 is 0 Å². The third kappa shape index (κ3) is 3.94. The number of piperazine rings is 1. The number of hydrogen-bond acceptors (Lipinski definition) is 5. The van der Waals surface area contributed by atoms with Gasteiger partial charge in [0.2, 0.25) is 0 Å². The van der Waals surface area contributed by atoms with E-state index in [1.54, 1.807) is 35.7 Å². The Morgan fingerprint density at radius 1 is 1.08 bits per heavy atom. The average molecular weight is 370 g/mol. The molecule has 0 spiro atoms. The molecule has 8 heteroatoms. The van der Waals surface area contributed by atoms with Gasteiger partial charge in [-0.05, 0) is 23.6 Å². The molecule has 0 atom stereocenters.